The van der Waals surface area contributed by atoms with Crippen LogP contribution in [-0.4, -0.2) is 12.5 Å². The molecule has 0 amide bonds. The van der Waals surface area contributed by atoms with Crippen LogP contribution >= 0.6 is 0 Å². The van der Waals surface area contributed by atoms with Crippen LogP contribution in [-0.2, 0) is 9.47 Å². The summed E-state index contributed by atoms with van der Waals surface area (Å²) >= 11 is 0. The molecule has 1 unspecified atom stereocenters. The number of carbonyl (C=O) groups is 1. The predicted molar refractivity (Wildman–Crippen MR) is 28.3 cm³/mol. The van der Waals surface area contributed by atoms with Crippen molar-refractivity contribution in [3.63, 3.8) is 0 Å². The fourth-order valence-electron chi connectivity index (χ4n) is 0.228. The first-order valence-electron chi connectivity index (χ1n) is 2.29. The predicted octanol–water partition coefficient (Wildman–Crippen LogP) is 1.60. The van der Waals surface area contributed by atoms with E-state index in [1.54, 1.807) is 0 Å². The highest BCUT2D eigenvalue weighted by atomic mass is 19.1. The molecule has 52 valence electrons. The molecule has 0 saturated carbocycles. The first-order valence-corrected chi connectivity index (χ1v) is 2.29. The second-order valence-electron chi connectivity index (χ2n) is 1.20. The molecule has 0 radical (unpaired) electrons. The lowest BCUT2D eigenvalue weighted by Gasteiger charge is -2.00. The standard InChI is InChI=1S/C5H7FO3/c1-3-8-5(7)9-4(2)6/h3-4H,1H2,2H3. The second-order valence-corrected chi connectivity index (χ2v) is 1.20. The van der Waals surface area contributed by atoms with E-state index in [2.05, 4.69) is 16.1 Å². The number of halogens is 1. The molecule has 0 aromatic carbocycles. The van der Waals surface area contributed by atoms with Crippen LogP contribution in [0.2, 0.25) is 0 Å². The lowest BCUT2D eigenvalue weighted by molar-refractivity contribution is -0.00584. The quantitative estimate of drug-likeness (QED) is 0.425. The Balaban J connectivity index is 3.38. The molecule has 0 aromatic rings. The number of alkyl halides is 1. The van der Waals surface area contributed by atoms with Crippen LogP contribution in [0.15, 0.2) is 12.8 Å². The van der Waals surface area contributed by atoms with Gasteiger partial charge in [0.2, 0.25) is 6.36 Å². The highest BCUT2D eigenvalue weighted by Crippen LogP contribution is 1.93. The molecular formula is C5H7FO3. The molecule has 0 saturated heterocycles. The highest BCUT2D eigenvalue weighted by molar-refractivity contribution is 5.60. The van der Waals surface area contributed by atoms with Crippen LogP contribution in [0, 0.1) is 0 Å². The molecule has 0 spiro atoms. The van der Waals surface area contributed by atoms with Crippen LogP contribution in [0.1, 0.15) is 6.92 Å². The van der Waals surface area contributed by atoms with E-state index in [0.717, 1.165) is 13.2 Å². The van der Waals surface area contributed by atoms with E-state index in [0.29, 0.717) is 0 Å². The summed E-state index contributed by atoms with van der Waals surface area (Å²) in [5.41, 5.74) is 0. The molecule has 0 fully saturated rings. The second kappa shape index (κ2) is 3.88. The monoisotopic (exact) mass is 134 g/mol. The molecule has 3 nitrogen and oxygen atoms in total. The summed E-state index contributed by atoms with van der Waals surface area (Å²) in [6.07, 6.45) is -1.86. The number of rotatable bonds is 2. The zero-order valence-corrected chi connectivity index (χ0v) is 4.96. The van der Waals surface area contributed by atoms with E-state index in [9.17, 15) is 9.18 Å². The Morgan fingerprint density at radius 2 is 2.44 bits per heavy atom. The largest absolute Gasteiger partial charge is 0.515 e. The van der Waals surface area contributed by atoms with E-state index in [-0.39, 0.29) is 0 Å². The van der Waals surface area contributed by atoms with Crippen LogP contribution < -0.4 is 0 Å². The Bertz CT molecular complexity index is 111. The van der Waals surface area contributed by atoms with Crippen molar-refractivity contribution in [2.24, 2.45) is 0 Å². The summed E-state index contributed by atoms with van der Waals surface area (Å²) < 4.78 is 19.6. The fraction of sp³-hybridized carbons (Fsp3) is 0.400. The molecule has 0 aromatic heterocycles. The molecule has 0 aliphatic carbocycles. The van der Waals surface area contributed by atoms with Crippen molar-refractivity contribution in [1.82, 2.24) is 0 Å². The fourth-order valence-corrected chi connectivity index (χ4v) is 0.228. The minimum absolute atomic E-state index is 0.866. The van der Waals surface area contributed by atoms with Gasteiger partial charge >= 0.3 is 6.16 Å². The average molecular weight is 134 g/mol. The average Bonchev–Trinajstić information content (AvgIpc) is 1.63. The van der Waals surface area contributed by atoms with Gasteiger partial charge in [-0.3, -0.25) is 0 Å². The molecule has 1 atom stereocenters. The van der Waals surface area contributed by atoms with Crippen molar-refractivity contribution in [3.8, 4) is 0 Å². The number of ether oxygens (including phenoxy) is 2. The van der Waals surface area contributed by atoms with E-state index in [1.165, 1.54) is 0 Å². The Kier molecular flexibility index (Phi) is 3.43. The van der Waals surface area contributed by atoms with Gasteiger partial charge in [-0.2, -0.15) is 0 Å². The van der Waals surface area contributed by atoms with Gasteiger partial charge in [0.1, 0.15) is 0 Å². The molecule has 0 aliphatic rings. The number of hydrogen-bond donors (Lipinski definition) is 0. The Hall–Kier alpha value is -1.06. The minimum atomic E-state index is -1.64. The molecule has 0 bridgehead atoms. The van der Waals surface area contributed by atoms with Crippen LogP contribution in [0.5, 0.6) is 0 Å². The van der Waals surface area contributed by atoms with Crippen molar-refractivity contribution in [1.29, 1.82) is 0 Å². The summed E-state index contributed by atoms with van der Waals surface area (Å²) in [7, 11) is 0. The number of hydrogen-bond acceptors (Lipinski definition) is 3. The van der Waals surface area contributed by atoms with Gasteiger partial charge in [-0.25, -0.2) is 9.18 Å². The van der Waals surface area contributed by atoms with Crippen molar-refractivity contribution in [2.75, 3.05) is 0 Å². The summed E-state index contributed by atoms with van der Waals surface area (Å²) in [6, 6.07) is 0. The molecule has 0 N–H and O–H groups in total. The van der Waals surface area contributed by atoms with Crippen molar-refractivity contribution >= 4 is 6.16 Å². The Morgan fingerprint density at radius 3 is 2.78 bits per heavy atom. The van der Waals surface area contributed by atoms with Gasteiger partial charge in [0.25, 0.3) is 0 Å². The first kappa shape index (κ1) is 7.94. The molecular weight excluding hydrogens is 127 g/mol. The maximum Gasteiger partial charge on any atom is 0.515 e. The summed E-state index contributed by atoms with van der Waals surface area (Å²) in [4.78, 5) is 10.1. The Morgan fingerprint density at radius 1 is 1.89 bits per heavy atom. The molecule has 4 heteroatoms. The maximum atomic E-state index is 11.7. The number of carbonyl (C=O) groups excluding carboxylic acids is 1. The highest BCUT2D eigenvalue weighted by Gasteiger charge is 2.05. The van der Waals surface area contributed by atoms with Crippen molar-refractivity contribution < 1.29 is 18.7 Å². The first-order chi connectivity index (χ1) is 4.16. The maximum absolute atomic E-state index is 11.7. The summed E-state index contributed by atoms with van der Waals surface area (Å²) in [5.74, 6) is 0. The molecule has 9 heavy (non-hydrogen) atoms. The van der Waals surface area contributed by atoms with E-state index in [1.807, 2.05) is 0 Å². The zero-order chi connectivity index (χ0) is 7.28. The molecule has 0 heterocycles. The van der Waals surface area contributed by atoms with Crippen molar-refractivity contribution in [2.45, 2.75) is 13.3 Å². The van der Waals surface area contributed by atoms with Gasteiger partial charge in [-0.15, -0.1) is 0 Å². The third kappa shape index (κ3) is 4.80. The minimum Gasteiger partial charge on any atom is -0.404 e. The van der Waals surface area contributed by atoms with Crippen LogP contribution in [0.3, 0.4) is 0 Å². The third-order valence-electron chi connectivity index (χ3n) is 0.438. The summed E-state index contributed by atoms with van der Waals surface area (Å²) in [5, 5.41) is 0. The third-order valence-corrected chi connectivity index (χ3v) is 0.438. The molecule has 0 rings (SSSR count). The Labute approximate surface area is 52.1 Å². The van der Waals surface area contributed by atoms with Gasteiger partial charge in [0, 0.05) is 6.92 Å². The topological polar surface area (TPSA) is 35.5 Å². The molecule has 0 aliphatic heterocycles. The van der Waals surface area contributed by atoms with Gasteiger partial charge in [-0.1, -0.05) is 6.58 Å². The van der Waals surface area contributed by atoms with Gasteiger partial charge in [-0.05, 0) is 0 Å². The van der Waals surface area contributed by atoms with Gasteiger partial charge in [0.05, 0.1) is 6.26 Å². The van der Waals surface area contributed by atoms with E-state index < -0.39 is 12.5 Å². The van der Waals surface area contributed by atoms with Crippen molar-refractivity contribution in [3.05, 3.63) is 12.8 Å². The van der Waals surface area contributed by atoms with Gasteiger partial charge < -0.3 is 9.47 Å². The lowest BCUT2D eigenvalue weighted by Crippen LogP contribution is -2.08. The van der Waals surface area contributed by atoms with E-state index in [4.69, 9.17) is 0 Å². The normalized spacial score (nSPS) is 11.8. The van der Waals surface area contributed by atoms with Gasteiger partial charge in [0.15, 0.2) is 0 Å². The lowest BCUT2D eigenvalue weighted by atomic mass is 10.8. The van der Waals surface area contributed by atoms with Crippen LogP contribution in [0.4, 0.5) is 9.18 Å². The van der Waals surface area contributed by atoms with E-state index >= 15 is 0 Å². The SMILES string of the molecule is C=COC(=O)OC(C)F. The zero-order valence-electron chi connectivity index (χ0n) is 4.96. The van der Waals surface area contributed by atoms with Crippen LogP contribution in [0.25, 0.3) is 0 Å². The smallest absolute Gasteiger partial charge is 0.404 e. The summed E-state index contributed by atoms with van der Waals surface area (Å²) in [6.45, 7) is 4.14.